The highest BCUT2D eigenvalue weighted by Crippen LogP contribution is 2.39. The number of rotatable bonds is 7. The van der Waals surface area contributed by atoms with E-state index in [-0.39, 0.29) is 0 Å². The van der Waals surface area contributed by atoms with Crippen molar-refractivity contribution in [2.24, 2.45) is 11.8 Å². The molecule has 0 aromatic heterocycles. The number of para-hydroxylation sites is 1. The van der Waals surface area contributed by atoms with Gasteiger partial charge in [0.25, 0.3) is 0 Å². The largest absolute Gasteiger partial charge is 0.491 e. The summed E-state index contributed by atoms with van der Waals surface area (Å²) in [5.74, 6) is 2.58. The van der Waals surface area contributed by atoms with E-state index in [0.717, 1.165) is 11.7 Å². The zero-order valence-electron chi connectivity index (χ0n) is 13.6. The van der Waals surface area contributed by atoms with Crippen LogP contribution < -0.4 is 10.1 Å². The Hall–Kier alpha value is -1.06. The summed E-state index contributed by atoms with van der Waals surface area (Å²) < 4.78 is 11.0. The average Bonchev–Trinajstić information content (AvgIpc) is 2.51. The van der Waals surface area contributed by atoms with Gasteiger partial charge < -0.3 is 14.8 Å². The molecular formula is C18H29NO2. The van der Waals surface area contributed by atoms with Gasteiger partial charge in [0, 0.05) is 18.7 Å². The minimum absolute atomic E-state index is 0.385. The Bertz CT molecular complexity index is 413. The van der Waals surface area contributed by atoms with Crippen molar-refractivity contribution in [1.29, 1.82) is 0 Å². The van der Waals surface area contributed by atoms with Gasteiger partial charge in [-0.1, -0.05) is 38.0 Å². The fraction of sp³-hybridized carbons (Fsp3) is 0.667. The van der Waals surface area contributed by atoms with Gasteiger partial charge in [0.1, 0.15) is 12.4 Å². The second-order valence-electron chi connectivity index (χ2n) is 6.17. The van der Waals surface area contributed by atoms with E-state index >= 15 is 0 Å². The second-order valence-corrected chi connectivity index (χ2v) is 6.17. The number of hydrogen-bond donors (Lipinski definition) is 1. The molecule has 2 rings (SSSR count). The van der Waals surface area contributed by atoms with Crippen molar-refractivity contribution in [1.82, 2.24) is 5.32 Å². The molecule has 1 aromatic rings. The molecule has 0 spiro atoms. The zero-order chi connectivity index (χ0) is 15.1. The number of nitrogens with one attached hydrogen (secondary N) is 1. The molecule has 1 unspecified atom stereocenters. The quantitative estimate of drug-likeness (QED) is 0.775. The molecule has 0 aliphatic heterocycles. The van der Waals surface area contributed by atoms with Crippen LogP contribution >= 0.6 is 0 Å². The third kappa shape index (κ3) is 4.45. The Labute approximate surface area is 129 Å². The predicted molar refractivity (Wildman–Crippen MR) is 86.7 cm³/mol. The van der Waals surface area contributed by atoms with Gasteiger partial charge in [0.15, 0.2) is 0 Å². The standard InChI is InChI=1S/C18H29NO2/c1-14-8-10-15(11-9-14)18(19-2)16-6-4-5-7-17(16)21-13-12-20-3/h4-7,14-15,18-19H,8-13H2,1-3H3. The Balaban J connectivity index is 2.09. The lowest BCUT2D eigenvalue weighted by atomic mass is 9.77. The van der Waals surface area contributed by atoms with Crippen molar-refractivity contribution in [2.45, 2.75) is 38.6 Å². The first kappa shape index (κ1) is 16.3. The van der Waals surface area contributed by atoms with E-state index in [4.69, 9.17) is 9.47 Å². The molecule has 0 saturated heterocycles. The number of methoxy groups -OCH3 is 1. The van der Waals surface area contributed by atoms with Gasteiger partial charge in [-0.2, -0.15) is 0 Å². The van der Waals surface area contributed by atoms with Gasteiger partial charge in [-0.05, 0) is 37.8 Å². The summed E-state index contributed by atoms with van der Waals surface area (Å²) >= 11 is 0. The Morgan fingerprint density at radius 2 is 1.86 bits per heavy atom. The normalized spacial score (nSPS) is 23.8. The highest BCUT2D eigenvalue weighted by Gasteiger charge is 2.27. The molecule has 0 amide bonds. The van der Waals surface area contributed by atoms with Crippen LogP contribution in [0.1, 0.15) is 44.2 Å². The Morgan fingerprint density at radius 3 is 2.52 bits per heavy atom. The summed E-state index contributed by atoms with van der Waals surface area (Å²) in [6.07, 6.45) is 5.29. The first-order chi connectivity index (χ1) is 10.3. The molecule has 3 nitrogen and oxygen atoms in total. The maximum atomic E-state index is 5.91. The molecule has 1 aromatic carbocycles. The molecule has 1 aliphatic rings. The molecule has 1 aliphatic carbocycles. The molecule has 0 radical (unpaired) electrons. The van der Waals surface area contributed by atoms with Crippen LogP contribution in [-0.2, 0) is 4.74 Å². The van der Waals surface area contributed by atoms with Crippen LogP contribution in [0.2, 0.25) is 0 Å². The highest BCUT2D eigenvalue weighted by atomic mass is 16.5. The van der Waals surface area contributed by atoms with Crippen LogP contribution in [0.3, 0.4) is 0 Å². The van der Waals surface area contributed by atoms with Crippen LogP contribution in [0.15, 0.2) is 24.3 Å². The third-order valence-corrected chi connectivity index (χ3v) is 4.64. The highest BCUT2D eigenvalue weighted by molar-refractivity contribution is 5.36. The van der Waals surface area contributed by atoms with Gasteiger partial charge in [0.05, 0.1) is 6.61 Å². The summed E-state index contributed by atoms with van der Waals surface area (Å²) in [6.45, 7) is 3.59. The molecule has 1 fully saturated rings. The molecular weight excluding hydrogens is 262 g/mol. The van der Waals surface area contributed by atoms with Crippen molar-refractivity contribution in [3.8, 4) is 5.75 Å². The summed E-state index contributed by atoms with van der Waals surface area (Å²) in [7, 11) is 3.77. The Morgan fingerprint density at radius 1 is 1.14 bits per heavy atom. The molecule has 0 bridgehead atoms. The predicted octanol–water partition coefficient (Wildman–Crippen LogP) is 3.80. The number of hydrogen-bond acceptors (Lipinski definition) is 3. The molecule has 1 atom stereocenters. The van der Waals surface area contributed by atoms with Crippen molar-refractivity contribution < 1.29 is 9.47 Å². The fourth-order valence-corrected chi connectivity index (χ4v) is 3.37. The lowest BCUT2D eigenvalue weighted by molar-refractivity contribution is 0.144. The Kier molecular flexibility index (Phi) is 6.52. The summed E-state index contributed by atoms with van der Waals surface area (Å²) in [5.41, 5.74) is 1.29. The lowest BCUT2D eigenvalue weighted by Gasteiger charge is -2.33. The van der Waals surface area contributed by atoms with Crippen molar-refractivity contribution >= 4 is 0 Å². The van der Waals surface area contributed by atoms with E-state index in [1.54, 1.807) is 7.11 Å². The van der Waals surface area contributed by atoms with Crippen LogP contribution in [-0.4, -0.2) is 27.4 Å². The van der Waals surface area contributed by atoms with Gasteiger partial charge in [-0.15, -0.1) is 0 Å². The van der Waals surface area contributed by atoms with Gasteiger partial charge >= 0.3 is 0 Å². The van der Waals surface area contributed by atoms with Crippen LogP contribution in [0.4, 0.5) is 0 Å². The first-order valence-electron chi connectivity index (χ1n) is 8.14. The maximum absolute atomic E-state index is 5.91. The zero-order valence-corrected chi connectivity index (χ0v) is 13.6. The van der Waals surface area contributed by atoms with Gasteiger partial charge in [-0.3, -0.25) is 0 Å². The smallest absolute Gasteiger partial charge is 0.124 e. The van der Waals surface area contributed by atoms with Crippen LogP contribution in [0.5, 0.6) is 5.75 Å². The first-order valence-corrected chi connectivity index (χ1v) is 8.14. The molecule has 1 saturated carbocycles. The SMILES string of the molecule is CNC(c1ccccc1OCCOC)C1CCC(C)CC1. The maximum Gasteiger partial charge on any atom is 0.124 e. The third-order valence-electron chi connectivity index (χ3n) is 4.64. The summed E-state index contributed by atoms with van der Waals surface area (Å²) in [4.78, 5) is 0. The van der Waals surface area contributed by atoms with Crippen molar-refractivity contribution in [3.05, 3.63) is 29.8 Å². The fourth-order valence-electron chi connectivity index (χ4n) is 3.37. The van der Waals surface area contributed by atoms with E-state index in [9.17, 15) is 0 Å². The molecule has 118 valence electrons. The van der Waals surface area contributed by atoms with Crippen LogP contribution in [0, 0.1) is 11.8 Å². The van der Waals surface area contributed by atoms with E-state index in [0.29, 0.717) is 25.2 Å². The van der Waals surface area contributed by atoms with E-state index in [1.807, 2.05) is 6.07 Å². The monoisotopic (exact) mass is 291 g/mol. The van der Waals surface area contributed by atoms with E-state index in [1.165, 1.54) is 31.2 Å². The molecule has 1 N–H and O–H groups in total. The van der Waals surface area contributed by atoms with E-state index in [2.05, 4.69) is 37.5 Å². The summed E-state index contributed by atoms with van der Waals surface area (Å²) in [6, 6.07) is 8.80. The molecule has 0 heterocycles. The average molecular weight is 291 g/mol. The van der Waals surface area contributed by atoms with Gasteiger partial charge in [-0.25, -0.2) is 0 Å². The summed E-state index contributed by atoms with van der Waals surface area (Å²) in [5, 5.41) is 3.52. The minimum Gasteiger partial charge on any atom is -0.491 e. The molecule has 21 heavy (non-hydrogen) atoms. The topological polar surface area (TPSA) is 30.5 Å². The lowest BCUT2D eigenvalue weighted by Crippen LogP contribution is -2.29. The van der Waals surface area contributed by atoms with E-state index < -0.39 is 0 Å². The minimum atomic E-state index is 0.385. The van der Waals surface area contributed by atoms with Crippen LogP contribution in [0.25, 0.3) is 0 Å². The van der Waals surface area contributed by atoms with Crippen molar-refractivity contribution in [2.75, 3.05) is 27.4 Å². The van der Waals surface area contributed by atoms with Crippen molar-refractivity contribution in [3.63, 3.8) is 0 Å². The number of ether oxygens (including phenoxy) is 2. The molecule has 3 heteroatoms. The number of benzene rings is 1. The van der Waals surface area contributed by atoms with Gasteiger partial charge in [0.2, 0.25) is 0 Å². The second kappa shape index (κ2) is 8.40.